The number of likely N-dealkylation sites (tertiary alicyclic amines) is 1. The predicted octanol–water partition coefficient (Wildman–Crippen LogP) is 1.02. The van der Waals surface area contributed by atoms with Gasteiger partial charge >= 0.3 is 0 Å². The molecule has 0 amide bonds. The van der Waals surface area contributed by atoms with E-state index in [1.54, 1.807) is 0 Å². The Hall–Kier alpha value is -0.700. The number of nitrogens with zero attached hydrogens (tertiary/aromatic N) is 1. The minimum absolute atomic E-state index is 0.00606. The summed E-state index contributed by atoms with van der Waals surface area (Å²) in [6.07, 6.45) is 3.48. The maximum Gasteiger partial charge on any atom is 0.157 e. The SMILES string of the molecule is CCCN1CCC[C@]1(C=O)C(C)=O. The van der Waals surface area contributed by atoms with Crippen LogP contribution in [0.5, 0.6) is 0 Å². The van der Waals surface area contributed by atoms with E-state index < -0.39 is 5.54 Å². The summed E-state index contributed by atoms with van der Waals surface area (Å²) in [5.74, 6) is -0.00606. The molecule has 0 aliphatic carbocycles. The maximum absolute atomic E-state index is 11.4. The number of rotatable bonds is 4. The van der Waals surface area contributed by atoms with Crippen molar-refractivity contribution < 1.29 is 9.59 Å². The van der Waals surface area contributed by atoms with E-state index in [1.807, 2.05) is 4.90 Å². The third-order valence-corrected chi connectivity index (χ3v) is 2.85. The zero-order chi connectivity index (χ0) is 9.90. The van der Waals surface area contributed by atoms with Gasteiger partial charge in [0.05, 0.1) is 0 Å². The molecular weight excluding hydrogens is 166 g/mol. The summed E-state index contributed by atoms with van der Waals surface area (Å²) >= 11 is 0. The van der Waals surface area contributed by atoms with Crippen molar-refractivity contribution in [1.29, 1.82) is 0 Å². The van der Waals surface area contributed by atoms with Gasteiger partial charge in [0, 0.05) is 0 Å². The van der Waals surface area contributed by atoms with Crippen LogP contribution in [0.2, 0.25) is 0 Å². The Bertz CT molecular complexity index is 215. The van der Waals surface area contributed by atoms with Crippen LogP contribution in [-0.4, -0.2) is 35.6 Å². The first-order valence-electron chi connectivity index (χ1n) is 4.90. The molecule has 1 saturated heterocycles. The van der Waals surface area contributed by atoms with Crippen molar-refractivity contribution in [3.05, 3.63) is 0 Å². The van der Waals surface area contributed by atoms with E-state index in [0.29, 0.717) is 6.42 Å². The average Bonchev–Trinajstić information content (AvgIpc) is 2.49. The molecule has 1 aliphatic heterocycles. The Labute approximate surface area is 79.1 Å². The zero-order valence-corrected chi connectivity index (χ0v) is 8.38. The predicted molar refractivity (Wildman–Crippen MR) is 50.6 cm³/mol. The first-order valence-corrected chi connectivity index (χ1v) is 4.90. The summed E-state index contributed by atoms with van der Waals surface area (Å²) < 4.78 is 0. The topological polar surface area (TPSA) is 37.4 Å². The van der Waals surface area contributed by atoms with E-state index in [-0.39, 0.29) is 5.78 Å². The Kier molecular flexibility index (Phi) is 3.20. The van der Waals surface area contributed by atoms with Crippen molar-refractivity contribution in [3.8, 4) is 0 Å². The molecule has 0 aromatic carbocycles. The lowest BCUT2D eigenvalue weighted by Crippen LogP contribution is -2.51. The van der Waals surface area contributed by atoms with Gasteiger partial charge in [-0.05, 0) is 39.3 Å². The maximum atomic E-state index is 11.4. The Balaban J connectivity index is 2.83. The quantitative estimate of drug-likeness (QED) is 0.482. The fraction of sp³-hybridized carbons (Fsp3) is 0.800. The summed E-state index contributed by atoms with van der Waals surface area (Å²) in [4.78, 5) is 24.4. The number of Topliss-reactive ketones (excluding diaryl/α,β-unsaturated/α-hetero) is 1. The molecule has 0 saturated carbocycles. The summed E-state index contributed by atoms with van der Waals surface area (Å²) in [5.41, 5.74) is -0.782. The molecule has 0 N–H and O–H groups in total. The highest BCUT2D eigenvalue weighted by Gasteiger charge is 2.44. The van der Waals surface area contributed by atoms with Crippen LogP contribution in [0.15, 0.2) is 0 Å². The third kappa shape index (κ3) is 1.66. The van der Waals surface area contributed by atoms with Crippen LogP contribution >= 0.6 is 0 Å². The molecule has 1 atom stereocenters. The summed E-state index contributed by atoms with van der Waals surface area (Å²) in [6, 6.07) is 0. The molecular formula is C10H17NO2. The number of aldehydes is 1. The molecule has 0 radical (unpaired) electrons. The number of hydrogen-bond acceptors (Lipinski definition) is 3. The summed E-state index contributed by atoms with van der Waals surface area (Å²) in [7, 11) is 0. The van der Waals surface area contributed by atoms with Gasteiger partial charge in [-0.3, -0.25) is 9.69 Å². The minimum Gasteiger partial charge on any atom is -0.301 e. The van der Waals surface area contributed by atoms with Crippen LogP contribution in [0.4, 0.5) is 0 Å². The molecule has 0 bridgehead atoms. The Morgan fingerprint density at radius 1 is 1.62 bits per heavy atom. The average molecular weight is 183 g/mol. The number of carbonyl (C=O) groups excluding carboxylic acids is 2. The number of ketones is 1. The Morgan fingerprint density at radius 2 is 2.31 bits per heavy atom. The van der Waals surface area contributed by atoms with E-state index in [2.05, 4.69) is 6.92 Å². The van der Waals surface area contributed by atoms with Gasteiger partial charge in [-0.2, -0.15) is 0 Å². The normalized spacial score (nSPS) is 29.1. The van der Waals surface area contributed by atoms with Crippen molar-refractivity contribution in [1.82, 2.24) is 4.90 Å². The highest BCUT2D eigenvalue weighted by atomic mass is 16.1. The molecule has 1 heterocycles. The molecule has 1 fully saturated rings. The lowest BCUT2D eigenvalue weighted by Gasteiger charge is -2.30. The molecule has 0 aromatic rings. The molecule has 74 valence electrons. The molecule has 1 rings (SSSR count). The first kappa shape index (κ1) is 10.4. The molecule has 13 heavy (non-hydrogen) atoms. The number of carbonyl (C=O) groups is 2. The minimum atomic E-state index is -0.782. The van der Waals surface area contributed by atoms with Gasteiger partial charge in [-0.25, -0.2) is 0 Å². The van der Waals surface area contributed by atoms with Gasteiger partial charge in [0.25, 0.3) is 0 Å². The molecule has 3 heteroatoms. The van der Waals surface area contributed by atoms with Gasteiger partial charge < -0.3 is 4.79 Å². The van der Waals surface area contributed by atoms with Crippen LogP contribution < -0.4 is 0 Å². The van der Waals surface area contributed by atoms with Crippen LogP contribution in [-0.2, 0) is 9.59 Å². The number of hydrogen-bond donors (Lipinski definition) is 0. The van der Waals surface area contributed by atoms with Crippen molar-refractivity contribution in [2.24, 2.45) is 0 Å². The molecule has 0 spiro atoms. The fourth-order valence-corrected chi connectivity index (χ4v) is 2.09. The van der Waals surface area contributed by atoms with E-state index in [9.17, 15) is 9.59 Å². The monoisotopic (exact) mass is 183 g/mol. The second-order valence-corrected chi connectivity index (χ2v) is 3.69. The van der Waals surface area contributed by atoms with Crippen LogP contribution in [0.3, 0.4) is 0 Å². The van der Waals surface area contributed by atoms with Crippen molar-refractivity contribution >= 4 is 12.1 Å². The largest absolute Gasteiger partial charge is 0.301 e. The second-order valence-electron chi connectivity index (χ2n) is 3.69. The molecule has 3 nitrogen and oxygen atoms in total. The van der Waals surface area contributed by atoms with E-state index in [4.69, 9.17) is 0 Å². The van der Waals surface area contributed by atoms with E-state index >= 15 is 0 Å². The third-order valence-electron chi connectivity index (χ3n) is 2.85. The zero-order valence-electron chi connectivity index (χ0n) is 8.38. The van der Waals surface area contributed by atoms with Crippen molar-refractivity contribution in [3.63, 3.8) is 0 Å². The van der Waals surface area contributed by atoms with Crippen LogP contribution in [0.1, 0.15) is 33.1 Å². The summed E-state index contributed by atoms with van der Waals surface area (Å²) in [6.45, 7) is 5.31. The molecule has 0 aromatic heterocycles. The second kappa shape index (κ2) is 4.01. The van der Waals surface area contributed by atoms with Gasteiger partial charge in [0.15, 0.2) is 5.78 Å². The Morgan fingerprint density at radius 3 is 2.77 bits per heavy atom. The van der Waals surface area contributed by atoms with Gasteiger partial charge in [-0.1, -0.05) is 6.92 Å². The van der Waals surface area contributed by atoms with Gasteiger partial charge in [-0.15, -0.1) is 0 Å². The lowest BCUT2D eigenvalue weighted by atomic mass is 9.93. The van der Waals surface area contributed by atoms with Crippen molar-refractivity contribution in [2.75, 3.05) is 13.1 Å². The van der Waals surface area contributed by atoms with Crippen molar-refractivity contribution in [2.45, 2.75) is 38.6 Å². The highest BCUT2D eigenvalue weighted by Crippen LogP contribution is 2.28. The smallest absolute Gasteiger partial charge is 0.157 e. The highest BCUT2D eigenvalue weighted by molar-refractivity contribution is 6.01. The van der Waals surface area contributed by atoms with Gasteiger partial charge in [0.2, 0.25) is 0 Å². The first-order chi connectivity index (χ1) is 6.17. The van der Waals surface area contributed by atoms with Crippen LogP contribution in [0.25, 0.3) is 0 Å². The lowest BCUT2D eigenvalue weighted by molar-refractivity contribution is -0.134. The molecule has 1 aliphatic rings. The standard InChI is InChI=1S/C10H17NO2/c1-3-6-11-7-4-5-10(11,8-12)9(2)13/h8H,3-7H2,1-2H3/t10-/m0/s1. The summed E-state index contributed by atoms with van der Waals surface area (Å²) in [5, 5.41) is 0. The fourth-order valence-electron chi connectivity index (χ4n) is 2.09. The van der Waals surface area contributed by atoms with E-state index in [1.165, 1.54) is 6.92 Å². The van der Waals surface area contributed by atoms with E-state index in [0.717, 1.165) is 32.2 Å². The van der Waals surface area contributed by atoms with Gasteiger partial charge in [0.1, 0.15) is 11.8 Å². The van der Waals surface area contributed by atoms with Crippen LogP contribution in [0, 0.1) is 0 Å². The molecule has 0 unspecified atom stereocenters.